The van der Waals surface area contributed by atoms with Gasteiger partial charge in [0.05, 0.1) is 13.2 Å². The molecule has 3 aliphatic rings. The van der Waals surface area contributed by atoms with Gasteiger partial charge in [0, 0.05) is 17.4 Å². The number of hydrogen-bond acceptors (Lipinski definition) is 7. The molecule has 3 aliphatic heterocycles. The first kappa shape index (κ1) is 19.4. The van der Waals surface area contributed by atoms with Crippen LogP contribution < -0.4 is 33.9 Å². The van der Waals surface area contributed by atoms with Crippen LogP contribution in [0.5, 0.6) is 28.7 Å². The summed E-state index contributed by atoms with van der Waals surface area (Å²) in [6.07, 6.45) is 1.91. The molecule has 0 radical (unpaired) electrons. The predicted octanol–water partition coefficient (Wildman–Crippen LogP) is 4.24. The number of rotatable bonds is 5. The van der Waals surface area contributed by atoms with Crippen molar-refractivity contribution in [3.8, 4) is 28.7 Å². The number of fused-ring (bicyclic) bond motifs is 2. The summed E-state index contributed by atoms with van der Waals surface area (Å²) in [6.45, 7) is 0.384. The van der Waals surface area contributed by atoms with E-state index in [9.17, 15) is 4.79 Å². The van der Waals surface area contributed by atoms with Gasteiger partial charge in [-0.15, -0.1) is 0 Å². The molecule has 3 heterocycles. The third-order valence-corrected chi connectivity index (χ3v) is 5.79. The number of nitrogens with zero attached hydrogens (tertiary/aromatic N) is 1. The van der Waals surface area contributed by atoms with E-state index in [1.165, 1.54) is 0 Å². The molecule has 1 atom stereocenters. The lowest BCUT2D eigenvalue weighted by Gasteiger charge is -2.25. The van der Waals surface area contributed by atoms with Gasteiger partial charge in [0.15, 0.2) is 23.0 Å². The largest absolute Gasteiger partial charge is 0.497 e. The summed E-state index contributed by atoms with van der Waals surface area (Å²) in [5.41, 5.74) is 2.86. The highest BCUT2D eigenvalue weighted by Gasteiger charge is 2.35. The number of hydrogen-bond donors (Lipinski definition) is 1. The zero-order chi connectivity index (χ0) is 22.4. The molecule has 1 unspecified atom stereocenters. The maximum Gasteiger partial charge on any atom is 0.275 e. The molecule has 0 saturated carbocycles. The monoisotopic (exact) mass is 444 g/mol. The molecule has 0 fully saturated rings. The van der Waals surface area contributed by atoms with E-state index in [1.54, 1.807) is 12.0 Å². The lowest BCUT2D eigenvalue weighted by Crippen LogP contribution is -2.30. The van der Waals surface area contributed by atoms with Gasteiger partial charge in [-0.2, -0.15) is 0 Å². The lowest BCUT2D eigenvalue weighted by atomic mass is 10.1. The highest BCUT2D eigenvalue weighted by atomic mass is 16.7. The maximum absolute atomic E-state index is 13.6. The number of nitrogens with one attached hydrogen (secondary N) is 1. The fraction of sp³-hybridized carbons (Fsp3) is 0.160. The Morgan fingerprint density at radius 1 is 0.848 bits per heavy atom. The first-order chi connectivity index (χ1) is 16.2. The summed E-state index contributed by atoms with van der Waals surface area (Å²) >= 11 is 0. The average molecular weight is 444 g/mol. The van der Waals surface area contributed by atoms with Gasteiger partial charge in [-0.25, -0.2) is 0 Å². The number of amides is 1. The van der Waals surface area contributed by atoms with Crippen molar-refractivity contribution in [1.82, 2.24) is 0 Å². The highest BCUT2D eigenvalue weighted by Crippen LogP contribution is 2.41. The van der Waals surface area contributed by atoms with Crippen molar-refractivity contribution in [2.45, 2.75) is 6.04 Å². The molecular formula is C25H20N2O6. The van der Waals surface area contributed by atoms with E-state index in [4.69, 9.17) is 23.7 Å². The Kier molecular flexibility index (Phi) is 4.50. The van der Waals surface area contributed by atoms with Crippen molar-refractivity contribution in [3.63, 3.8) is 0 Å². The van der Waals surface area contributed by atoms with Crippen molar-refractivity contribution >= 4 is 17.3 Å². The molecule has 8 heteroatoms. The minimum atomic E-state index is -0.336. The molecule has 0 bridgehead atoms. The molecule has 0 aliphatic carbocycles. The Bertz CT molecular complexity index is 1270. The van der Waals surface area contributed by atoms with E-state index in [2.05, 4.69) is 5.32 Å². The summed E-state index contributed by atoms with van der Waals surface area (Å²) in [7, 11) is 1.61. The van der Waals surface area contributed by atoms with Crippen LogP contribution in [0.4, 0.5) is 11.4 Å². The predicted molar refractivity (Wildman–Crippen MR) is 120 cm³/mol. The van der Waals surface area contributed by atoms with Gasteiger partial charge in [0.25, 0.3) is 5.91 Å². The van der Waals surface area contributed by atoms with Crippen molar-refractivity contribution in [1.29, 1.82) is 0 Å². The Morgan fingerprint density at radius 3 is 2.24 bits per heavy atom. The maximum atomic E-state index is 13.6. The van der Waals surface area contributed by atoms with E-state index in [0.717, 1.165) is 22.7 Å². The van der Waals surface area contributed by atoms with Crippen LogP contribution in [-0.4, -0.2) is 26.6 Å². The molecule has 0 spiro atoms. The summed E-state index contributed by atoms with van der Waals surface area (Å²) in [6, 6.07) is 18.3. The Balaban J connectivity index is 1.37. The van der Waals surface area contributed by atoms with Crippen LogP contribution in [0.2, 0.25) is 0 Å². The molecule has 1 amide bonds. The van der Waals surface area contributed by atoms with Crippen molar-refractivity contribution in [2.75, 3.05) is 30.9 Å². The van der Waals surface area contributed by atoms with Crippen molar-refractivity contribution < 1.29 is 28.5 Å². The van der Waals surface area contributed by atoms with E-state index in [-0.39, 0.29) is 25.5 Å². The Morgan fingerprint density at radius 2 is 1.52 bits per heavy atom. The van der Waals surface area contributed by atoms with Crippen molar-refractivity contribution in [3.05, 3.63) is 78.0 Å². The van der Waals surface area contributed by atoms with E-state index in [1.807, 2.05) is 66.7 Å². The highest BCUT2D eigenvalue weighted by molar-refractivity contribution is 6.11. The summed E-state index contributed by atoms with van der Waals surface area (Å²) in [5, 5.41) is 3.25. The second kappa shape index (κ2) is 7.67. The summed E-state index contributed by atoms with van der Waals surface area (Å²) < 4.78 is 27.1. The minimum absolute atomic E-state index is 0.152. The number of carbonyl (C=O) groups is 1. The molecule has 33 heavy (non-hydrogen) atoms. The third-order valence-electron chi connectivity index (χ3n) is 5.79. The first-order valence-corrected chi connectivity index (χ1v) is 10.5. The second-order valence-electron chi connectivity index (χ2n) is 7.70. The molecule has 1 N–H and O–H groups in total. The zero-order valence-electron chi connectivity index (χ0n) is 17.7. The first-order valence-electron chi connectivity index (χ1n) is 10.5. The van der Waals surface area contributed by atoms with E-state index < -0.39 is 0 Å². The van der Waals surface area contributed by atoms with Crippen LogP contribution in [0.3, 0.4) is 0 Å². The van der Waals surface area contributed by atoms with Crippen molar-refractivity contribution in [2.24, 2.45) is 0 Å². The smallest absolute Gasteiger partial charge is 0.275 e. The second-order valence-corrected chi connectivity index (χ2v) is 7.70. The number of anilines is 2. The van der Waals surface area contributed by atoms with E-state index in [0.29, 0.717) is 28.7 Å². The van der Waals surface area contributed by atoms with Crippen LogP contribution in [0.15, 0.2) is 72.4 Å². The Hall–Kier alpha value is -4.33. The van der Waals surface area contributed by atoms with E-state index >= 15 is 0 Å². The van der Waals surface area contributed by atoms with Crippen LogP contribution in [0.1, 0.15) is 11.6 Å². The van der Waals surface area contributed by atoms with Crippen LogP contribution in [0.25, 0.3) is 0 Å². The van der Waals surface area contributed by atoms with Gasteiger partial charge in [0.2, 0.25) is 13.6 Å². The van der Waals surface area contributed by atoms with Gasteiger partial charge in [-0.05, 0) is 60.2 Å². The van der Waals surface area contributed by atoms with Crippen LogP contribution >= 0.6 is 0 Å². The molecule has 0 aromatic heterocycles. The fourth-order valence-electron chi connectivity index (χ4n) is 4.15. The third kappa shape index (κ3) is 3.36. The lowest BCUT2D eigenvalue weighted by molar-refractivity contribution is -0.114. The van der Waals surface area contributed by atoms with Gasteiger partial charge >= 0.3 is 0 Å². The average Bonchev–Trinajstić information content (AvgIpc) is 3.57. The minimum Gasteiger partial charge on any atom is -0.497 e. The molecule has 3 aromatic rings. The molecule has 166 valence electrons. The molecular weight excluding hydrogens is 424 g/mol. The van der Waals surface area contributed by atoms with Gasteiger partial charge in [-0.1, -0.05) is 6.07 Å². The molecule has 3 aromatic carbocycles. The standard InChI is InChI=1S/C25H20N2O6/c1-29-18-6-4-17(5-7-18)27-20(15-2-8-21-23(10-15)32-13-30-21)12-19(25(27)28)26-16-3-9-22-24(11-16)33-14-31-22/h2-12,20,26H,13-14H2,1H3. The number of methoxy groups -OCH3 is 1. The Labute approximate surface area is 189 Å². The van der Waals surface area contributed by atoms with Gasteiger partial charge in [-0.3, -0.25) is 9.69 Å². The number of ether oxygens (including phenoxy) is 5. The molecule has 8 nitrogen and oxygen atoms in total. The van der Waals surface area contributed by atoms with Gasteiger partial charge < -0.3 is 29.0 Å². The normalized spacial score (nSPS) is 17.8. The quantitative estimate of drug-likeness (QED) is 0.631. The van der Waals surface area contributed by atoms with Crippen LogP contribution in [-0.2, 0) is 4.79 Å². The zero-order valence-corrected chi connectivity index (χ0v) is 17.7. The number of benzene rings is 3. The summed E-state index contributed by atoms with van der Waals surface area (Å²) in [5.74, 6) is 3.26. The molecule has 6 rings (SSSR count). The number of carbonyl (C=O) groups excluding carboxylic acids is 1. The summed E-state index contributed by atoms with van der Waals surface area (Å²) in [4.78, 5) is 15.3. The van der Waals surface area contributed by atoms with Crippen LogP contribution in [0, 0.1) is 0 Å². The SMILES string of the molecule is COc1ccc(N2C(=O)C(Nc3ccc4c(c3)OCO4)=CC2c2ccc3c(c2)OCO3)cc1. The van der Waals surface area contributed by atoms with Gasteiger partial charge in [0.1, 0.15) is 11.4 Å². The molecule has 0 saturated heterocycles. The fourth-order valence-corrected chi connectivity index (χ4v) is 4.15. The topological polar surface area (TPSA) is 78.5 Å².